The number of hydrogen-bond acceptors (Lipinski definition) is 1. The van der Waals surface area contributed by atoms with Crippen molar-refractivity contribution < 1.29 is 44.1 Å². The van der Waals surface area contributed by atoms with Gasteiger partial charge in [0.1, 0.15) is 0 Å². The van der Waals surface area contributed by atoms with Crippen LogP contribution in [0, 0.1) is 44.1 Å². The van der Waals surface area contributed by atoms with E-state index in [9.17, 15) is 0 Å². The third kappa shape index (κ3) is 3.22. The van der Waals surface area contributed by atoms with Crippen molar-refractivity contribution in [2.24, 2.45) is 0 Å². The fraction of sp³-hybridized carbons (Fsp3) is 0.500. The summed E-state index contributed by atoms with van der Waals surface area (Å²) < 4.78 is 1.16. The van der Waals surface area contributed by atoms with Gasteiger partial charge in [-0.1, -0.05) is 34.5 Å². The molecule has 0 amide bonds. The van der Waals surface area contributed by atoms with Crippen molar-refractivity contribution in [2.75, 3.05) is 13.1 Å². The zero-order valence-electron chi connectivity index (χ0n) is 9.59. The third-order valence-corrected chi connectivity index (χ3v) is 3.72. The molecule has 0 spiro atoms. The molecule has 1 aliphatic rings. The van der Waals surface area contributed by atoms with Gasteiger partial charge in [0.25, 0.3) is 0 Å². The molecule has 1 aromatic rings. The van der Waals surface area contributed by atoms with Gasteiger partial charge in [-0.3, -0.25) is 4.90 Å². The van der Waals surface area contributed by atoms with Crippen LogP contribution in [0.5, 0.6) is 0 Å². The molecule has 2 nitrogen and oxygen atoms in total. The molecule has 1 aromatic carbocycles. The number of nitrogens with zero attached hydrogens (tertiary/aromatic N) is 1. The standard InChI is InChI=1S/C12H16BrN2.Ac/c1-2-6-15-7-5-9-10(8-15)11(13)3-4-12(9)14;/h3-4,14H,2,5-8H2,1H3;/q-1;. The van der Waals surface area contributed by atoms with Gasteiger partial charge >= 0.3 is 0 Å². The second-order valence-electron chi connectivity index (χ2n) is 4.08. The minimum absolute atomic E-state index is 0. The summed E-state index contributed by atoms with van der Waals surface area (Å²) in [6, 6.07) is 3.88. The number of fused-ring (bicyclic) bond motifs is 1. The summed E-state index contributed by atoms with van der Waals surface area (Å²) in [6.07, 6.45) is 2.22. The molecule has 0 fully saturated rings. The van der Waals surface area contributed by atoms with Gasteiger partial charge in [0.05, 0.1) is 0 Å². The molecule has 0 aliphatic carbocycles. The molecule has 2 rings (SSSR count). The molecule has 1 N–H and O–H groups in total. The van der Waals surface area contributed by atoms with E-state index in [-0.39, 0.29) is 44.1 Å². The van der Waals surface area contributed by atoms with Gasteiger partial charge < -0.3 is 5.73 Å². The normalized spacial score (nSPS) is 15.4. The van der Waals surface area contributed by atoms with Crippen molar-refractivity contribution in [2.45, 2.75) is 26.3 Å². The summed E-state index contributed by atoms with van der Waals surface area (Å²) in [5.41, 5.74) is 11.1. The van der Waals surface area contributed by atoms with E-state index in [2.05, 4.69) is 27.8 Å². The molecule has 0 atom stereocenters. The Morgan fingerprint density at radius 3 is 2.81 bits per heavy atom. The average Bonchev–Trinajstić information content (AvgIpc) is 2.24. The van der Waals surface area contributed by atoms with E-state index in [4.69, 9.17) is 5.73 Å². The summed E-state index contributed by atoms with van der Waals surface area (Å²) >= 11 is 3.58. The van der Waals surface area contributed by atoms with E-state index >= 15 is 0 Å². The van der Waals surface area contributed by atoms with Crippen LogP contribution in [-0.2, 0) is 13.0 Å². The van der Waals surface area contributed by atoms with E-state index in [0.717, 1.165) is 30.5 Å². The Hall–Kier alpha value is 0.902. The van der Waals surface area contributed by atoms with Crippen molar-refractivity contribution in [3.63, 3.8) is 0 Å². The molecular formula is C12H16AcBrN2-. The Balaban J connectivity index is 0.00000128. The summed E-state index contributed by atoms with van der Waals surface area (Å²) in [4.78, 5) is 2.46. The summed E-state index contributed by atoms with van der Waals surface area (Å²) in [6.45, 7) is 5.47. The Labute approximate surface area is 142 Å². The monoisotopic (exact) mass is 494 g/mol. The van der Waals surface area contributed by atoms with Crippen LogP contribution in [0.4, 0.5) is 5.69 Å². The molecule has 16 heavy (non-hydrogen) atoms. The van der Waals surface area contributed by atoms with Crippen LogP contribution >= 0.6 is 15.9 Å². The first-order valence-corrected chi connectivity index (χ1v) is 6.26. The van der Waals surface area contributed by atoms with E-state index in [0.29, 0.717) is 5.69 Å². The summed E-state index contributed by atoms with van der Waals surface area (Å²) in [5.74, 6) is 0. The quantitative estimate of drug-likeness (QED) is 0.612. The van der Waals surface area contributed by atoms with Gasteiger partial charge in [-0.2, -0.15) is 0 Å². The van der Waals surface area contributed by atoms with Crippen LogP contribution in [-0.4, -0.2) is 18.0 Å². The number of rotatable bonds is 2. The van der Waals surface area contributed by atoms with Crippen LogP contribution in [0.25, 0.3) is 5.73 Å². The molecule has 0 aromatic heterocycles. The summed E-state index contributed by atoms with van der Waals surface area (Å²) in [5, 5.41) is 0. The van der Waals surface area contributed by atoms with Crippen LogP contribution in [0.2, 0.25) is 0 Å². The maximum atomic E-state index is 7.87. The molecule has 0 unspecified atom stereocenters. The minimum Gasteiger partial charge on any atom is -0.698 e. The predicted molar refractivity (Wildman–Crippen MR) is 67.4 cm³/mol. The van der Waals surface area contributed by atoms with Crippen LogP contribution in [0.3, 0.4) is 0 Å². The first-order chi connectivity index (χ1) is 7.22. The second kappa shape index (κ2) is 6.73. The zero-order chi connectivity index (χ0) is 10.8. The molecule has 0 bridgehead atoms. The maximum absolute atomic E-state index is 7.87. The van der Waals surface area contributed by atoms with Gasteiger partial charge in [0, 0.05) is 61.6 Å². The zero-order valence-corrected chi connectivity index (χ0v) is 15.9. The number of halogens is 1. The van der Waals surface area contributed by atoms with Crippen molar-refractivity contribution in [3.8, 4) is 0 Å². The fourth-order valence-electron chi connectivity index (χ4n) is 2.20. The van der Waals surface area contributed by atoms with Gasteiger partial charge in [0.2, 0.25) is 0 Å². The molecule has 1 heterocycles. The topological polar surface area (TPSA) is 27.0 Å². The van der Waals surface area contributed by atoms with Crippen molar-refractivity contribution in [3.05, 3.63) is 33.5 Å². The molecule has 0 saturated heterocycles. The van der Waals surface area contributed by atoms with E-state index < -0.39 is 0 Å². The van der Waals surface area contributed by atoms with E-state index in [1.165, 1.54) is 17.5 Å². The third-order valence-electron chi connectivity index (χ3n) is 2.97. The number of hydrogen-bond donors (Lipinski definition) is 0. The molecule has 85 valence electrons. The first-order valence-electron chi connectivity index (χ1n) is 5.46. The minimum atomic E-state index is 0. The van der Waals surface area contributed by atoms with Crippen molar-refractivity contribution >= 4 is 21.6 Å². The Kier molecular flexibility index (Phi) is 6.30. The maximum Gasteiger partial charge on any atom is 0.0247 e. The van der Waals surface area contributed by atoms with Crippen LogP contribution < -0.4 is 0 Å². The predicted octanol–water partition coefficient (Wildman–Crippen LogP) is 3.90. The fourth-order valence-corrected chi connectivity index (χ4v) is 2.70. The van der Waals surface area contributed by atoms with Gasteiger partial charge in [-0.05, 0) is 31.0 Å². The summed E-state index contributed by atoms with van der Waals surface area (Å²) in [7, 11) is 0. The number of benzene rings is 1. The van der Waals surface area contributed by atoms with Gasteiger partial charge in [0.15, 0.2) is 0 Å². The molecular weight excluding hydrogens is 479 g/mol. The SMILES string of the molecule is CCCN1CCc2c([NH-])ccc(Br)c2C1.[Ac]. The Morgan fingerprint density at radius 1 is 1.38 bits per heavy atom. The second-order valence-corrected chi connectivity index (χ2v) is 4.93. The molecule has 0 saturated carbocycles. The largest absolute Gasteiger partial charge is 0.698 e. The first kappa shape index (κ1) is 15.0. The van der Waals surface area contributed by atoms with Crippen molar-refractivity contribution in [1.29, 1.82) is 0 Å². The van der Waals surface area contributed by atoms with Crippen LogP contribution in [0.15, 0.2) is 16.6 Å². The van der Waals surface area contributed by atoms with Gasteiger partial charge in [-0.15, -0.1) is 5.69 Å². The van der Waals surface area contributed by atoms with E-state index in [1.54, 1.807) is 0 Å². The van der Waals surface area contributed by atoms with E-state index in [1.807, 2.05) is 12.1 Å². The van der Waals surface area contributed by atoms with Crippen molar-refractivity contribution in [1.82, 2.24) is 4.90 Å². The van der Waals surface area contributed by atoms with Crippen LogP contribution in [0.1, 0.15) is 24.5 Å². The smallest absolute Gasteiger partial charge is 0.0247 e. The Morgan fingerprint density at radius 2 is 2.12 bits per heavy atom. The molecule has 1 aliphatic heterocycles. The van der Waals surface area contributed by atoms with Gasteiger partial charge in [-0.25, -0.2) is 0 Å². The average molecular weight is 495 g/mol. The molecule has 1 radical (unpaired) electrons. The Bertz CT molecular complexity index is 368. The number of nitrogens with one attached hydrogen (secondary N) is 1. The molecule has 4 heteroatoms.